The quantitative estimate of drug-likeness (QED) is 0.140. The van der Waals surface area contributed by atoms with Crippen LogP contribution in [0.25, 0.3) is 11.3 Å². The maximum Gasteiger partial charge on any atom is 0.420 e. The zero-order chi connectivity index (χ0) is 45.8. The van der Waals surface area contributed by atoms with Crippen LogP contribution in [0, 0.1) is 17.1 Å². The summed E-state index contributed by atoms with van der Waals surface area (Å²) in [6.45, 7) is 3.84. The molecule has 328 valence electrons. The summed E-state index contributed by atoms with van der Waals surface area (Å²) < 4.78 is 62.4. The number of amides is 6. The Kier molecular flexibility index (Phi) is 11.1. The molecule has 1 atom stereocenters. The van der Waals surface area contributed by atoms with Crippen molar-refractivity contribution in [2.45, 2.75) is 44.4 Å². The number of pyridine rings is 1. The van der Waals surface area contributed by atoms with Gasteiger partial charge in [0, 0.05) is 25.1 Å². The molecule has 1 unspecified atom stereocenters. The first kappa shape index (κ1) is 43.3. The minimum absolute atomic E-state index is 0.000515. The zero-order valence-corrected chi connectivity index (χ0v) is 34.6. The monoisotopic (exact) mass is 898 g/mol. The van der Waals surface area contributed by atoms with Crippen molar-refractivity contribution in [1.29, 1.82) is 5.26 Å². The largest absolute Gasteiger partial charge is 0.483 e. The van der Waals surface area contributed by atoms with Gasteiger partial charge in [0.25, 0.3) is 23.6 Å². The van der Waals surface area contributed by atoms with Crippen LogP contribution in [0.5, 0.6) is 11.5 Å². The number of thiocarbonyl (C=S) groups is 1. The SMILES string of the molecule is CC1(C)C(=O)N(c2ccc(C#N)c(C(F)(F)F)c2F)C(=S)N1c1ccc(-c2ccc(ON3CCN(C(=O)COc4cccc5c4C(=O)N(C4CCC(=O)NC4=O)C5=O)CC3)cc2)nc1. The van der Waals surface area contributed by atoms with Crippen LogP contribution in [0.3, 0.4) is 0 Å². The Hall–Kier alpha value is -7.31. The highest BCUT2D eigenvalue weighted by atomic mass is 32.1. The number of piperazine rings is 1. The molecule has 4 aliphatic rings. The molecule has 1 aromatic heterocycles. The molecule has 4 aliphatic heterocycles. The van der Waals surface area contributed by atoms with E-state index in [0.29, 0.717) is 53.8 Å². The van der Waals surface area contributed by atoms with Gasteiger partial charge in [-0.15, -0.1) is 5.06 Å². The van der Waals surface area contributed by atoms with Gasteiger partial charge in [-0.25, -0.2) is 4.39 Å². The molecule has 0 spiro atoms. The van der Waals surface area contributed by atoms with Crippen molar-refractivity contribution < 1.29 is 55.9 Å². The summed E-state index contributed by atoms with van der Waals surface area (Å²) in [6, 6.07) is 16.5. The molecule has 64 heavy (non-hydrogen) atoms. The number of halogens is 4. The van der Waals surface area contributed by atoms with Gasteiger partial charge in [0.1, 0.15) is 28.6 Å². The summed E-state index contributed by atoms with van der Waals surface area (Å²) in [4.78, 5) is 92.3. The summed E-state index contributed by atoms with van der Waals surface area (Å²) in [6.07, 6.45) is -3.80. The number of alkyl halides is 3. The van der Waals surface area contributed by atoms with Gasteiger partial charge in [0.15, 0.2) is 17.5 Å². The first-order valence-electron chi connectivity index (χ1n) is 19.6. The molecule has 4 aromatic rings. The topological polar surface area (TPSA) is 186 Å². The van der Waals surface area contributed by atoms with Crippen molar-refractivity contribution in [2.24, 2.45) is 0 Å². The fraction of sp³-hybridized carbons (Fsp3) is 0.279. The molecule has 0 aliphatic carbocycles. The first-order chi connectivity index (χ1) is 30.4. The lowest BCUT2D eigenvalue weighted by Crippen LogP contribution is -2.54. The fourth-order valence-electron chi connectivity index (χ4n) is 7.94. The molecule has 0 saturated carbocycles. The predicted octanol–water partition coefficient (Wildman–Crippen LogP) is 4.61. The van der Waals surface area contributed by atoms with Crippen LogP contribution >= 0.6 is 12.2 Å². The highest BCUT2D eigenvalue weighted by molar-refractivity contribution is 7.81. The van der Waals surface area contributed by atoms with Gasteiger partial charge in [-0.2, -0.15) is 18.4 Å². The first-order valence-corrected chi connectivity index (χ1v) is 20.0. The van der Waals surface area contributed by atoms with E-state index in [-0.39, 0.29) is 40.7 Å². The number of hydrogen-bond donors (Lipinski definition) is 1. The standard InChI is InChI=1S/C43H34F4N8O8S/c1-42(2)40(61)54(29-13-8-24(20-48)35(36(29)44)43(45,46)47)41(64)55(42)25-9-12-28(49-21-25)23-6-10-26(11-7-23)63-52-18-16-51(17-19-52)33(57)22-62-31-5-3-4-27-34(31)39(60)53(38(27)59)30-14-15-32(56)50-37(30)58/h3-13,21,30H,14-19,22H2,1-2H3,(H,50,56,58). The number of carbonyl (C=O) groups is 6. The maximum atomic E-state index is 15.4. The van der Waals surface area contributed by atoms with E-state index in [4.69, 9.17) is 27.1 Å². The van der Waals surface area contributed by atoms with E-state index >= 15 is 4.39 Å². The predicted molar refractivity (Wildman–Crippen MR) is 220 cm³/mol. The van der Waals surface area contributed by atoms with Crippen molar-refractivity contribution in [3.63, 3.8) is 0 Å². The third-order valence-electron chi connectivity index (χ3n) is 11.2. The Balaban J connectivity index is 0.855. The van der Waals surface area contributed by atoms with Crippen LogP contribution in [0.15, 0.2) is 72.9 Å². The summed E-state index contributed by atoms with van der Waals surface area (Å²) in [5.74, 6) is -5.09. The Morgan fingerprint density at radius 1 is 0.969 bits per heavy atom. The maximum absolute atomic E-state index is 15.4. The Bertz CT molecular complexity index is 2700. The second-order valence-electron chi connectivity index (χ2n) is 15.5. The molecule has 21 heteroatoms. The summed E-state index contributed by atoms with van der Waals surface area (Å²) in [7, 11) is 0. The number of hydroxylamine groups is 2. The number of carbonyl (C=O) groups excluding carboxylic acids is 6. The molecule has 3 saturated heterocycles. The van der Waals surface area contributed by atoms with Gasteiger partial charge >= 0.3 is 6.18 Å². The number of ether oxygens (including phenoxy) is 1. The minimum atomic E-state index is -5.21. The van der Waals surface area contributed by atoms with Crippen molar-refractivity contribution in [2.75, 3.05) is 42.6 Å². The van der Waals surface area contributed by atoms with Gasteiger partial charge in [-0.05, 0) is 93.1 Å². The molecule has 16 nitrogen and oxygen atoms in total. The molecule has 8 rings (SSSR count). The number of rotatable bonds is 9. The van der Waals surface area contributed by atoms with E-state index in [0.717, 1.165) is 17.0 Å². The van der Waals surface area contributed by atoms with Crippen molar-refractivity contribution >= 4 is 64.1 Å². The Morgan fingerprint density at radius 2 is 1.69 bits per heavy atom. The lowest BCUT2D eigenvalue weighted by atomic mass is 10.0. The summed E-state index contributed by atoms with van der Waals surface area (Å²) >= 11 is 5.52. The van der Waals surface area contributed by atoms with Gasteiger partial charge < -0.3 is 19.4 Å². The number of imide groups is 2. The molecule has 1 N–H and O–H groups in total. The van der Waals surface area contributed by atoms with E-state index in [9.17, 15) is 41.9 Å². The number of nitriles is 1. The van der Waals surface area contributed by atoms with Crippen LogP contribution in [-0.2, 0) is 25.4 Å². The number of nitrogens with zero attached hydrogens (tertiary/aromatic N) is 7. The van der Waals surface area contributed by atoms with E-state index < -0.39 is 76.5 Å². The van der Waals surface area contributed by atoms with E-state index in [2.05, 4.69) is 10.3 Å². The molecule has 3 aromatic carbocycles. The van der Waals surface area contributed by atoms with Crippen molar-refractivity contribution in [3.8, 4) is 28.8 Å². The highest BCUT2D eigenvalue weighted by Crippen LogP contribution is 2.42. The Morgan fingerprint density at radius 3 is 2.33 bits per heavy atom. The molecular formula is C43H34F4N8O8S. The van der Waals surface area contributed by atoms with Crippen LogP contribution < -0.4 is 24.7 Å². The average molecular weight is 899 g/mol. The van der Waals surface area contributed by atoms with Gasteiger partial charge in [-0.3, -0.25) is 48.9 Å². The van der Waals surface area contributed by atoms with Crippen molar-refractivity contribution in [3.05, 3.63) is 101 Å². The molecule has 0 bridgehead atoms. The highest BCUT2D eigenvalue weighted by Gasteiger charge is 2.52. The van der Waals surface area contributed by atoms with Gasteiger partial charge in [0.2, 0.25) is 11.8 Å². The second kappa shape index (κ2) is 16.4. The van der Waals surface area contributed by atoms with Gasteiger partial charge in [0.05, 0.1) is 59.1 Å². The van der Waals surface area contributed by atoms with E-state index in [1.54, 1.807) is 46.4 Å². The summed E-state index contributed by atoms with van der Waals surface area (Å²) in [5.41, 5.74) is -3.42. The molecule has 5 heterocycles. The second-order valence-corrected chi connectivity index (χ2v) is 15.9. The smallest absolute Gasteiger partial charge is 0.420 e. The van der Waals surface area contributed by atoms with Gasteiger partial charge in [-0.1, -0.05) is 6.07 Å². The zero-order valence-electron chi connectivity index (χ0n) is 33.8. The van der Waals surface area contributed by atoms with Crippen LogP contribution in [0.4, 0.5) is 28.9 Å². The van der Waals surface area contributed by atoms with Crippen LogP contribution in [0.1, 0.15) is 58.5 Å². The lowest BCUT2D eigenvalue weighted by molar-refractivity contribution is -0.142. The normalized spacial score (nSPS) is 18.9. The Labute approximate surface area is 366 Å². The third-order valence-corrected chi connectivity index (χ3v) is 11.6. The number of benzene rings is 3. The number of piperidine rings is 1. The molecule has 3 fully saturated rings. The van der Waals surface area contributed by atoms with Crippen molar-refractivity contribution in [1.82, 2.24) is 25.2 Å². The number of aromatic nitrogens is 1. The summed E-state index contributed by atoms with van der Waals surface area (Å²) in [5, 5.41) is 12.7. The van der Waals surface area contributed by atoms with Crippen LogP contribution in [-0.4, -0.2) is 105 Å². The average Bonchev–Trinajstić information content (AvgIpc) is 3.62. The van der Waals surface area contributed by atoms with E-state index in [1.807, 2.05) is 0 Å². The molecule has 6 amide bonds. The lowest BCUT2D eigenvalue weighted by Gasteiger charge is -2.34. The fourth-order valence-corrected chi connectivity index (χ4v) is 8.45. The molecular weight excluding hydrogens is 865 g/mol. The number of nitrogens with one attached hydrogen (secondary N) is 1. The van der Waals surface area contributed by atoms with E-state index in [1.165, 1.54) is 49.2 Å². The number of anilines is 2. The number of fused-ring (bicyclic) bond motifs is 1. The number of hydrogen-bond acceptors (Lipinski definition) is 12. The molecule has 0 radical (unpaired) electrons. The van der Waals surface area contributed by atoms with Crippen LogP contribution in [0.2, 0.25) is 0 Å². The third kappa shape index (κ3) is 7.64. The minimum Gasteiger partial charge on any atom is -0.483 e.